The first-order valence-corrected chi connectivity index (χ1v) is 9.91. The molecular formula is C19H18FN3O3S. The van der Waals surface area contributed by atoms with Gasteiger partial charge >= 0.3 is 0 Å². The topological polar surface area (TPSA) is 81.5 Å². The highest BCUT2D eigenvalue weighted by Gasteiger charge is 2.28. The van der Waals surface area contributed by atoms with Gasteiger partial charge in [-0.05, 0) is 55.0 Å². The fourth-order valence-electron chi connectivity index (χ4n) is 2.96. The van der Waals surface area contributed by atoms with Gasteiger partial charge in [-0.25, -0.2) is 12.8 Å². The number of nitrogens with zero attached hydrogens (tertiary/aromatic N) is 3. The lowest BCUT2D eigenvalue weighted by molar-refractivity contribution is 0.0764. The first kappa shape index (κ1) is 19.0. The second-order valence-electron chi connectivity index (χ2n) is 6.19. The van der Waals surface area contributed by atoms with Gasteiger partial charge in [0.05, 0.1) is 16.5 Å². The van der Waals surface area contributed by atoms with E-state index < -0.39 is 15.8 Å². The van der Waals surface area contributed by atoms with E-state index in [0.29, 0.717) is 24.1 Å². The molecule has 3 rings (SSSR count). The molecule has 1 heterocycles. The molecule has 0 atom stereocenters. The van der Waals surface area contributed by atoms with E-state index in [1.165, 1.54) is 16.4 Å². The van der Waals surface area contributed by atoms with Crippen LogP contribution < -0.4 is 0 Å². The number of hydrogen-bond donors (Lipinski definition) is 0. The summed E-state index contributed by atoms with van der Waals surface area (Å²) in [5.74, 6) is -0.690. The van der Waals surface area contributed by atoms with Crippen LogP contribution in [0.25, 0.3) is 0 Å². The van der Waals surface area contributed by atoms with Gasteiger partial charge in [0.2, 0.25) is 10.0 Å². The fraction of sp³-hybridized carbons (Fsp3) is 0.263. The largest absolute Gasteiger partial charge is 0.337 e. The second-order valence-corrected chi connectivity index (χ2v) is 8.13. The van der Waals surface area contributed by atoms with Crippen molar-refractivity contribution in [2.75, 3.05) is 26.2 Å². The molecule has 0 bridgehead atoms. The van der Waals surface area contributed by atoms with Crippen molar-refractivity contribution in [3.05, 3.63) is 65.5 Å². The zero-order valence-electron chi connectivity index (χ0n) is 14.5. The molecule has 1 aliphatic rings. The van der Waals surface area contributed by atoms with Crippen molar-refractivity contribution in [2.24, 2.45) is 0 Å². The number of nitriles is 1. The van der Waals surface area contributed by atoms with E-state index >= 15 is 0 Å². The van der Waals surface area contributed by atoms with E-state index in [2.05, 4.69) is 0 Å². The van der Waals surface area contributed by atoms with Gasteiger partial charge in [-0.3, -0.25) is 4.79 Å². The van der Waals surface area contributed by atoms with E-state index in [1.54, 1.807) is 29.2 Å². The highest BCUT2D eigenvalue weighted by molar-refractivity contribution is 7.89. The normalized spacial score (nSPS) is 15.8. The summed E-state index contributed by atoms with van der Waals surface area (Å²) in [5, 5.41) is 8.84. The summed E-state index contributed by atoms with van der Waals surface area (Å²) >= 11 is 0. The number of amides is 1. The van der Waals surface area contributed by atoms with Crippen molar-refractivity contribution in [3.63, 3.8) is 0 Å². The zero-order chi connectivity index (χ0) is 19.4. The molecule has 8 heteroatoms. The zero-order valence-corrected chi connectivity index (χ0v) is 15.3. The Bertz CT molecular complexity index is 967. The Morgan fingerprint density at radius 1 is 0.963 bits per heavy atom. The number of carbonyl (C=O) groups is 1. The van der Waals surface area contributed by atoms with Crippen molar-refractivity contribution in [1.82, 2.24) is 9.21 Å². The van der Waals surface area contributed by atoms with Crippen LogP contribution in [0.3, 0.4) is 0 Å². The molecule has 1 fully saturated rings. The van der Waals surface area contributed by atoms with Gasteiger partial charge in [0.15, 0.2) is 0 Å². The highest BCUT2D eigenvalue weighted by Crippen LogP contribution is 2.19. The highest BCUT2D eigenvalue weighted by atomic mass is 32.2. The molecular weight excluding hydrogens is 369 g/mol. The van der Waals surface area contributed by atoms with Crippen LogP contribution in [0.2, 0.25) is 0 Å². The lowest BCUT2D eigenvalue weighted by Crippen LogP contribution is -2.37. The molecule has 1 saturated heterocycles. The van der Waals surface area contributed by atoms with E-state index in [0.717, 1.165) is 12.1 Å². The van der Waals surface area contributed by atoms with Crippen LogP contribution in [-0.2, 0) is 10.0 Å². The van der Waals surface area contributed by atoms with E-state index in [1.807, 2.05) is 6.07 Å². The molecule has 0 aliphatic carbocycles. The number of benzene rings is 2. The minimum absolute atomic E-state index is 0.0377. The molecule has 0 spiro atoms. The lowest BCUT2D eigenvalue weighted by atomic mass is 10.1. The molecule has 0 saturated carbocycles. The third kappa shape index (κ3) is 4.15. The van der Waals surface area contributed by atoms with Crippen LogP contribution in [0.4, 0.5) is 4.39 Å². The standard InChI is InChI=1S/C19H18FN3O3S/c20-17-6-8-18(9-7-17)27(25,26)23-11-1-10-22(12-13-23)19(24)16-4-2-15(14-21)3-5-16/h2-9H,1,10-13H2. The third-order valence-corrected chi connectivity index (χ3v) is 6.37. The Hall–Kier alpha value is -2.76. The van der Waals surface area contributed by atoms with Crippen LogP contribution in [0.15, 0.2) is 53.4 Å². The summed E-state index contributed by atoms with van der Waals surface area (Å²) in [6.45, 7) is 1.16. The Labute approximate surface area is 157 Å². The molecule has 0 radical (unpaired) electrons. The molecule has 140 valence electrons. The summed E-state index contributed by atoms with van der Waals surface area (Å²) < 4.78 is 39.9. The summed E-state index contributed by atoms with van der Waals surface area (Å²) in [6.07, 6.45) is 0.502. The van der Waals surface area contributed by atoms with Gasteiger partial charge in [-0.1, -0.05) is 0 Å². The van der Waals surface area contributed by atoms with Crippen molar-refractivity contribution in [2.45, 2.75) is 11.3 Å². The summed E-state index contributed by atoms with van der Waals surface area (Å²) in [6, 6.07) is 13.1. The van der Waals surface area contributed by atoms with Crippen molar-refractivity contribution >= 4 is 15.9 Å². The number of sulfonamides is 1. The molecule has 1 aliphatic heterocycles. The van der Waals surface area contributed by atoms with E-state index in [4.69, 9.17) is 5.26 Å². The number of halogens is 1. The quantitative estimate of drug-likeness (QED) is 0.809. The third-order valence-electron chi connectivity index (χ3n) is 4.45. The molecule has 0 unspecified atom stereocenters. The molecule has 2 aromatic carbocycles. The van der Waals surface area contributed by atoms with Gasteiger partial charge in [-0.15, -0.1) is 0 Å². The summed E-state index contributed by atoms with van der Waals surface area (Å²) in [5.41, 5.74) is 0.933. The summed E-state index contributed by atoms with van der Waals surface area (Å²) in [4.78, 5) is 14.3. The average Bonchev–Trinajstić information content (AvgIpc) is 2.94. The smallest absolute Gasteiger partial charge is 0.253 e. The molecule has 0 aromatic heterocycles. The first-order chi connectivity index (χ1) is 12.9. The Morgan fingerprint density at radius 3 is 2.26 bits per heavy atom. The summed E-state index contributed by atoms with van der Waals surface area (Å²) in [7, 11) is -3.73. The van der Waals surface area contributed by atoms with Crippen LogP contribution in [0.1, 0.15) is 22.3 Å². The monoisotopic (exact) mass is 387 g/mol. The fourth-order valence-corrected chi connectivity index (χ4v) is 4.43. The first-order valence-electron chi connectivity index (χ1n) is 8.47. The number of rotatable bonds is 3. The maximum absolute atomic E-state index is 13.1. The molecule has 1 amide bonds. The van der Waals surface area contributed by atoms with Crippen LogP contribution in [0.5, 0.6) is 0 Å². The van der Waals surface area contributed by atoms with Crippen molar-refractivity contribution in [3.8, 4) is 6.07 Å². The Balaban J connectivity index is 1.72. The van der Waals surface area contributed by atoms with Crippen LogP contribution in [0, 0.1) is 17.1 Å². The number of hydrogen-bond acceptors (Lipinski definition) is 4. The maximum atomic E-state index is 13.1. The van der Waals surface area contributed by atoms with Crippen LogP contribution >= 0.6 is 0 Å². The van der Waals surface area contributed by atoms with Gasteiger partial charge in [-0.2, -0.15) is 9.57 Å². The van der Waals surface area contributed by atoms with Crippen molar-refractivity contribution < 1.29 is 17.6 Å². The lowest BCUT2D eigenvalue weighted by Gasteiger charge is -2.22. The van der Waals surface area contributed by atoms with Gasteiger partial charge in [0, 0.05) is 31.7 Å². The molecule has 27 heavy (non-hydrogen) atoms. The van der Waals surface area contributed by atoms with Gasteiger partial charge in [0.25, 0.3) is 5.91 Å². The number of carbonyl (C=O) groups excluding carboxylic acids is 1. The van der Waals surface area contributed by atoms with Gasteiger partial charge in [0.1, 0.15) is 5.82 Å². The molecule has 6 nitrogen and oxygen atoms in total. The van der Waals surface area contributed by atoms with Gasteiger partial charge < -0.3 is 4.90 Å². The Morgan fingerprint density at radius 2 is 1.63 bits per heavy atom. The molecule has 0 N–H and O–H groups in total. The Kier molecular flexibility index (Phi) is 5.54. The van der Waals surface area contributed by atoms with Crippen molar-refractivity contribution in [1.29, 1.82) is 5.26 Å². The minimum Gasteiger partial charge on any atom is -0.337 e. The van der Waals surface area contributed by atoms with E-state index in [-0.39, 0.29) is 30.4 Å². The molecule has 2 aromatic rings. The second kappa shape index (κ2) is 7.86. The average molecular weight is 387 g/mol. The minimum atomic E-state index is -3.73. The van der Waals surface area contributed by atoms with E-state index in [9.17, 15) is 17.6 Å². The predicted octanol–water partition coefficient (Wildman–Crippen LogP) is 2.23. The SMILES string of the molecule is N#Cc1ccc(C(=O)N2CCCN(S(=O)(=O)c3ccc(F)cc3)CC2)cc1. The predicted molar refractivity (Wildman–Crippen MR) is 96.8 cm³/mol. The van der Waals surface area contributed by atoms with Crippen LogP contribution in [-0.4, -0.2) is 49.7 Å². The maximum Gasteiger partial charge on any atom is 0.253 e.